The van der Waals surface area contributed by atoms with Gasteiger partial charge in [0, 0.05) is 12.8 Å². The van der Waals surface area contributed by atoms with Gasteiger partial charge in [-0.2, -0.15) is 0 Å². The molecule has 8 unspecified atom stereocenters. The molecular formula is C24H36O7. The highest BCUT2D eigenvalue weighted by Gasteiger charge is 2.58. The molecule has 31 heavy (non-hydrogen) atoms. The van der Waals surface area contributed by atoms with Crippen LogP contribution in [0.25, 0.3) is 0 Å². The number of carbonyl (C=O) groups excluding carboxylic acids is 2. The molecule has 5 rings (SSSR count). The van der Waals surface area contributed by atoms with Crippen molar-refractivity contribution >= 4 is 11.9 Å². The fourth-order valence-electron chi connectivity index (χ4n) is 6.47. The Kier molecular flexibility index (Phi) is 5.00. The molecule has 7 nitrogen and oxygen atoms in total. The van der Waals surface area contributed by atoms with Crippen molar-refractivity contribution in [2.75, 3.05) is 0 Å². The van der Waals surface area contributed by atoms with Gasteiger partial charge in [0.05, 0.1) is 35.6 Å². The third-order valence-electron chi connectivity index (χ3n) is 8.72. The van der Waals surface area contributed by atoms with E-state index in [1.54, 1.807) is 0 Å². The minimum atomic E-state index is -0.519. The van der Waals surface area contributed by atoms with Crippen molar-refractivity contribution in [2.24, 2.45) is 0 Å². The lowest BCUT2D eigenvalue weighted by Crippen LogP contribution is -2.47. The minimum Gasteiger partial charge on any atom is -0.457 e. The van der Waals surface area contributed by atoms with Crippen LogP contribution in [-0.2, 0) is 33.3 Å². The van der Waals surface area contributed by atoms with Gasteiger partial charge in [-0.3, -0.25) is 9.59 Å². The van der Waals surface area contributed by atoms with E-state index in [0.29, 0.717) is 12.8 Å². The van der Waals surface area contributed by atoms with Gasteiger partial charge in [0.1, 0.15) is 11.2 Å². The first-order chi connectivity index (χ1) is 14.5. The summed E-state index contributed by atoms with van der Waals surface area (Å²) < 4.78 is 30.9. The van der Waals surface area contributed by atoms with Gasteiger partial charge < -0.3 is 23.7 Å². The van der Waals surface area contributed by atoms with Crippen molar-refractivity contribution in [3.8, 4) is 0 Å². The molecule has 0 radical (unpaired) electrons. The Labute approximate surface area is 184 Å². The maximum absolute atomic E-state index is 11.7. The smallest absolute Gasteiger partial charge is 0.306 e. The Morgan fingerprint density at radius 1 is 0.581 bits per heavy atom. The Morgan fingerprint density at radius 2 is 1.00 bits per heavy atom. The van der Waals surface area contributed by atoms with Crippen molar-refractivity contribution in [1.82, 2.24) is 0 Å². The Bertz CT molecular complexity index is 707. The van der Waals surface area contributed by atoms with Crippen molar-refractivity contribution in [2.45, 2.75) is 139 Å². The number of rotatable bonds is 4. The third kappa shape index (κ3) is 3.61. The van der Waals surface area contributed by atoms with Crippen LogP contribution >= 0.6 is 0 Å². The maximum atomic E-state index is 11.7. The minimum absolute atomic E-state index is 0.00238. The normalized spacial score (nSPS) is 52.6. The summed E-state index contributed by atoms with van der Waals surface area (Å²) in [5, 5.41) is 0. The molecule has 7 heteroatoms. The van der Waals surface area contributed by atoms with Crippen molar-refractivity contribution in [3.63, 3.8) is 0 Å². The molecule has 0 aromatic carbocycles. The fraction of sp³-hybridized carbons (Fsp3) is 0.917. The highest BCUT2D eigenvalue weighted by Crippen LogP contribution is 2.50. The van der Waals surface area contributed by atoms with Crippen LogP contribution in [0.3, 0.4) is 0 Å². The SMILES string of the molecule is CC1(C2CCC(C)(C3CCC(C4(C)CCC(C5(C)CCC(=O)O5)O4)O3)O2)CCC(=O)O1. The highest BCUT2D eigenvalue weighted by atomic mass is 16.6. The van der Waals surface area contributed by atoms with E-state index < -0.39 is 11.2 Å². The standard InChI is InChI=1S/C24H36O7/c1-21(11-7-17(28-21)23(3)13-9-19(25)30-23)15-5-6-16(27-15)22(2)12-8-18(29-22)24(4)14-10-20(26)31-24/h15-18H,5-14H2,1-4H3. The number of hydrogen-bond acceptors (Lipinski definition) is 7. The topological polar surface area (TPSA) is 80.3 Å². The maximum Gasteiger partial charge on any atom is 0.306 e. The molecule has 5 aliphatic heterocycles. The van der Waals surface area contributed by atoms with Gasteiger partial charge in [0.25, 0.3) is 0 Å². The zero-order chi connectivity index (χ0) is 22.1. The van der Waals surface area contributed by atoms with Crippen LogP contribution in [0.4, 0.5) is 0 Å². The van der Waals surface area contributed by atoms with Crippen molar-refractivity contribution < 1.29 is 33.3 Å². The summed E-state index contributed by atoms with van der Waals surface area (Å²) in [6, 6.07) is 0. The number of hydrogen-bond donors (Lipinski definition) is 0. The molecule has 5 saturated heterocycles. The average molecular weight is 437 g/mol. The van der Waals surface area contributed by atoms with E-state index in [1.165, 1.54) is 0 Å². The molecule has 0 amide bonds. The van der Waals surface area contributed by atoms with E-state index in [-0.39, 0.29) is 47.6 Å². The number of esters is 2. The van der Waals surface area contributed by atoms with E-state index in [4.69, 9.17) is 23.7 Å². The quantitative estimate of drug-likeness (QED) is 0.623. The van der Waals surface area contributed by atoms with Gasteiger partial charge >= 0.3 is 11.9 Å². The summed E-state index contributed by atoms with van der Waals surface area (Å²) >= 11 is 0. The molecule has 0 saturated carbocycles. The number of ether oxygens (including phenoxy) is 5. The van der Waals surface area contributed by atoms with Crippen LogP contribution in [0.2, 0.25) is 0 Å². The van der Waals surface area contributed by atoms with Crippen LogP contribution < -0.4 is 0 Å². The highest BCUT2D eigenvalue weighted by molar-refractivity contribution is 5.72. The molecule has 0 N–H and O–H groups in total. The summed E-state index contributed by atoms with van der Waals surface area (Å²) in [6.07, 6.45) is 7.65. The molecule has 0 aromatic rings. The zero-order valence-electron chi connectivity index (χ0n) is 19.2. The second kappa shape index (κ2) is 7.16. The summed E-state index contributed by atoms with van der Waals surface area (Å²) in [4.78, 5) is 23.4. The molecule has 0 aromatic heterocycles. The van der Waals surface area contributed by atoms with Gasteiger partial charge in [-0.1, -0.05) is 0 Å². The van der Waals surface area contributed by atoms with Gasteiger partial charge in [-0.05, 0) is 79.1 Å². The van der Waals surface area contributed by atoms with Gasteiger partial charge in [0.2, 0.25) is 0 Å². The molecule has 8 atom stereocenters. The predicted molar refractivity (Wildman–Crippen MR) is 110 cm³/mol. The lowest BCUT2D eigenvalue weighted by molar-refractivity contribution is -0.202. The predicted octanol–water partition coefficient (Wildman–Crippen LogP) is 3.60. The molecule has 0 aliphatic carbocycles. The Hall–Kier alpha value is -1.18. The van der Waals surface area contributed by atoms with Gasteiger partial charge in [0.15, 0.2) is 0 Å². The van der Waals surface area contributed by atoms with Crippen LogP contribution in [0, 0.1) is 0 Å². The second-order valence-corrected chi connectivity index (χ2v) is 11.2. The van der Waals surface area contributed by atoms with Gasteiger partial charge in [-0.15, -0.1) is 0 Å². The Balaban J connectivity index is 1.21. The van der Waals surface area contributed by atoms with Crippen LogP contribution in [0.15, 0.2) is 0 Å². The average Bonchev–Trinajstić information content (AvgIpc) is 3.48. The molecule has 5 fully saturated rings. The summed E-state index contributed by atoms with van der Waals surface area (Å²) in [6.45, 7) is 8.27. The first-order valence-electron chi connectivity index (χ1n) is 12.0. The van der Waals surface area contributed by atoms with Gasteiger partial charge in [-0.25, -0.2) is 0 Å². The van der Waals surface area contributed by atoms with E-state index in [2.05, 4.69) is 13.8 Å². The van der Waals surface area contributed by atoms with Crippen molar-refractivity contribution in [3.05, 3.63) is 0 Å². The summed E-state index contributed by atoms with van der Waals surface area (Å²) in [5.74, 6) is -0.251. The van der Waals surface area contributed by atoms with Crippen LogP contribution in [-0.4, -0.2) is 58.8 Å². The number of carbonyl (C=O) groups is 2. The van der Waals surface area contributed by atoms with Crippen molar-refractivity contribution in [1.29, 1.82) is 0 Å². The molecular weight excluding hydrogens is 400 g/mol. The molecule has 5 aliphatic rings. The van der Waals surface area contributed by atoms with E-state index in [1.807, 2.05) is 13.8 Å². The van der Waals surface area contributed by atoms with E-state index in [9.17, 15) is 9.59 Å². The first-order valence-corrected chi connectivity index (χ1v) is 12.0. The van der Waals surface area contributed by atoms with Crippen LogP contribution in [0.1, 0.15) is 91.9 Å². The monoisotopic (exact) mass is 436 g/mol. The lowest BCUT2D eigenvalue weighted by atomic mass is 9.89. The second-order valence-electron chi connectivity index (χ2n) is 11.2. The fourth-order valence-corrected chi connectivity index (χ4v) is 6.47. The molecule has 0 bridgehead atoms. The number of cyclic esters (lactones) is 2. The summed E-state index contributed by atoms with van der Waals surface area (Å²) in [7, 11) is 0. The van der Waals surface area contributed by atoms with E-state index in [0.717, 1.165) is 51.4 Å². The summed E-state index contributed by atoms with van der Waals surface area (Å²) in [5.41, 5.74) is -1.79. The molecule has 5 heterocycles. The molecule has 0 spiro atoms. The first kappa shape index (κ1) is 21.7. The lowest BCUT2D eigenvalue weighted by Gasteiger charge is -2.38. The van der Waals surface area contributed by atoms with E-state index >= 15 is 0 Å². The third-order valence-corrected chi connectivity index (χ3v) is 8.72. The largest absolute Gasteiger partial charge is 0.457 e. The zero-order valence-corrected chi connectivity index (χ0v) is 19.2. The van der Waals surface area contributed by atoms with Crippen LogP contribution in [0.5, 0.6) is 0 Å². The Morgan fingerprint density at radius 3 is 1.35 bits per heavy atom. The molecule has 174 valence electrons.